The first-order valence-electron chi connectivity index (χ1n) is 5.68. The van der Waals surface area contributed by atoms with Crippen molar-refractivity contribution in [3.8, 4) is 5.75 Å². The van der Waals surface area contributed by atoms with E-state index in [2.05, 4.69) is 5.32 Å². The summed E-state index contributed by atoms with van der Waals surface area (Å²) in [5, 5.41) is 3.06. The Kier molecular flexibility index (Phi) is 5.57. The van der Waals surface area contributed by atoms with E-state index in [1.807, 2.05) is 38.2 Å². The molecule has 0 spiro atoms. The lowest BCUT2D eigenvalue weighted by Gasteiger charge is -2.06. The summed E-state index contributed by atoms with van der Waals surface area (Å²) in [6.45, 7) is 3.51. The molecular formula is C13H19NO2. The molecule has 0 aliphatic heterocycles. The molecule has 1 rings (SSSR count). The van der Waals surface area contributed by atoms with Crippen LogP contribution in [0.15, 0.2) is 24.3 Å². The van der Waals surface area contributed by atoms with Gasteiger partial charge in [0, 0.05) is 12.0 Å². The zero-order valence-electron chi connectivity index (χ0n) is 9.95. The normalized spacial score (nSPS) is 10.1. The summed E-state index contributed by atoms with van der Waals surface area (Å²) in [7, 11) is 1.92. The van der Waals surface area contributed by atoms with Gasteiger partial charge in [0.25, 0.3) is 0 Å². The smallest absolute Gasteiger partial charge is 0.162 e. The molecule has 0 amide bonds. The second kappa shape index (κ2) is 7.01. The van der Waals surface area contributed by atoms with Gasteiger partial charge in [-0.25, -0.2) is 0 Å². The molecule has 0 radical (unpaired) electrons. The first-order valence-corrected chi connectivity index (χ1v) is 5.68. The van der Waals surface area contributed by atoms with Gasteiger partial charge in [0.05, 0.1) is 6.61 Å². The number of ether oxygens (including phenoxy) is 1. The second-order valence-corrected chi connectivity index (χ2v) is 3.61. The maximum absolute atomic E-state index is 11.4. The molecule has 0 bridgehead atoms. The van der Waals surface area contributed by atoms with Crippen LogP contribution in [0.25, 0.3) is 0 Å². The van der Waals surface area contributed by atoms with Gasteiger partial charge in [0.15, 0.2) is 5.78 Å². The summed E-state index contributed by atoms with van der Waals surface area (Å²) in [5.41, 5.74) is 0.755. The lowest BCUT2D eigenvalue weighted by Crippen LogP contribution is -2.11. The molecule has 0 atom stereocenters. The van der Waals surface area contributed by atoms with Crippen molar-refractivity contribution in [1.29, 1.82) is 0 Å². The van der Waals surface area contributed by atoms with Gasteiger partial charge in [-0.15, -0.1) is 0 Å². The topological polar surface area (TPSA) is 38.3 Å². The Hall–Kier alpha value is -1.35. The lowest BCUT2D eigenvalue weighted by molar-refractivity contribution is 0.0988. The van der Waals surface area contributed by atoms with Gasteiger partial charge >= 0.3 is 0 Å². The second-order valence-electron chi connectivity index (χ2n) is 3.61. The third-order valence-corrected chi connectivity index (χ3v) is 2.34. The highest BCUT2D eigenvalue weighted by Gasteiger charge is 2.02. The number of carbonyl (C=O) groups excluding carboxylic acids is 1. The summed E-state index contributed by atoms with van der Waals surface area (Å²) in [6.07, 6.45) is 1.52. The van der Waals surface area contributed by atoms with Crippen LogP contribution < -0.4 is 10.1 Å². The molecule has 0 heterocycles. The maximum Gasteiger partial charge on any atom is 0.162 e. The summed E-state index contributed by atoms with van der Waals surface area (Å²) in [5.74, 6) is 0.991. The van der Waals surface area contributed by atoms with Crippen molar-refractivity contribution in [3.63, 3.8) is 0 Å². The molecule has 0 unspecified atom stereocenters. The van der Waals surface area contributed by atoms with E-state index in [0.717, 1.165) is 24.3 Å². The standard InChI is InChI=1S/C13H19NO2/c1-3-13(15)11-5-7-12(8-6-11)16-10-4-9-14-2/h5-8,14H,3-4,9-10H2,1-2H3. The van der Waals surface area contributed by atoms with Crippen LogP contribution in [-0.2, 0) is 0 Å². The predicted molar refractivity (Wildman–Crippen MR) is 65.1 cm³/mol. The molecule has 0 saturated carbocycles. The van der Waals surface area contributed by atoms with Crippen LogP contribution in [-0.4, -0.2) is 26.0 Å². The molecule has 3 nitrogen and oxygen atoms in total. The van der Waals surface area contributed by atoms with Gasteiger partial charge in [-0.1, -0.05) is 6.92 Å². The molecule has 1 aromatic carbocycles. The molecule has 0 saturated heterocycles. The van der Waals surface area contributed by atoms with Crippen molar-refractivity contribution in [1.82, 2.24) is 5.32 Å². The monoisotopic (exact) mass is 221 g/mol. The zero-order chi connectivity index (χ0) is 11.8. The minimum absolute atomic E-state index is 0.168. The Labute approximate surface area is 96.8 Å². The van der Waals surface area contributed by atoms with E-state index in [-0.39, 0.29) is 5.78 Å². The van der Waals surface area contributed by atoms with Gasteiger partial charge in [-0.05, 0) is 44.3 Å². The van der Waals surface area contributed by atoms with Crippen LogP contribution in [0.2, 0.25) is 0 Å². The fourth-order valence-electron chi connectivity index (χ4n) is 1.38. The Bertz CT molecular complexity index is 319. The largest absolute Gasteiger partial charge is 0.494 e. The van der Waals surface area contributed by atoms with Crippen molar-refractivity contribution < 1.29 is 9.53 Å². The fraction of sp³-hybridized carbons (Fsp3) is 0.462. The molecule has 0 aromatic heterocycles. The van der Waals surface area contributed by atoms with Crippen molar-refractivity contribution in [3.05, 3.63) is 29.8 Å². The van der Waals surface area contributed by atoms with E-state index in [1.165, 1.54) is 0 Å². The molecular weight excluding hydrogens is 202 g/mol. The van der Waals surface area contributed by atoms with E-state index in [1.54, 1.807) is 0 Å². The minimum Gasteiger partial charge on any atom is -0.494 e. The Balaban J connectivity index is 2.42. The van der Waals surface area contributed by atoms with Crippen molar-refractivity contribution >= 4 is 5.78 Å². The number of hydrogen-bond acceptors (Lipinski definition) is 3. The highest BCUT2D eigenvalue weighted by molar-refractivity contribution is 5.95. The molecule has 1 aromatic rings. The summed E-state index contributed by atoms with van der Waals surface area (Å²) in [6, 6.07) is 7.34. The third-order valence-electron chi connectivity index (χ3n) is 2.34. The van der Waals surface area contributed by atoms with Crippen LogP contribution in [0.3, 0.4) is 0 Å². The molecule has 0 aliphatic carbocycles. The van der Waals surface area contributed by atoms with E-state index in [9.17, 15) is 4.79 Å². The highest BCUT2D eigenvalue weighted by atomic mass is 16.5. The lowest BCUT2D eigenvalue weighted by atomic mass is 10.1. The van der Waals surface area contributed by atoms with Gasteiger partial charge in [-0.2, -0.15) is 0 Å². The Morgan fingerprint density at radius 3 is 2.56 bits per heavy atom. The highest BCUT2D eigenvalue weighted by Crippen LogP contribution is 2.13. The first-order chi connectivity index (χ1) is 7.77. The fourth-order valence-corrected chi connectivity index (χ4v) is 1.38. The number of benzene rings is 1. The summed E-state index contributed by atoms with van der Waals surface area (Å²) >= 11 is 0. The molecule has 0 aliphatic rings. The van der Waals surface area contributed by atoms with Crippen LogP contribution in [0.1, 0.15) is 30.1 Å². The van der Waals surface area contributed by atoms with E-state index < -0.39 is 0 Å². The quantitative estimate of drug-likeness (QED) is 0.567. The van der Waals surface area contributed by atoms with Crippen LogP contribution in [0.5, 0.6) is 5.75 Å². The molecule has 1 N–H and O–H groups in total. The number of carbonyl (C=O) groups is 1. The van der Waals surface area contributed by atoms with Crippen LogP contribution >= 0.6 is 0 Å². The van der Waals surface area contributed by atoms with Crippen LogP contribution in [0.4, 0.5) is 0 Å². The maximum atomic E-state index is 11.4. The SMILES string of the molecule is CCC(=O)c1ccc(OCCCNC)cc1. The van der Waals surface area contributed by atoms with Crippen LogP contribution in [0, 0.1) is 0 Å². The third kappa shape index (κ3) is 4.03. The minimum atomic E-state index is 0.168. The zero-order valence-corrected chi connectivity index (χ0v) is 9.95. The van der Waals surface area contributed by atoms with Crippen molar-refractivity contribution in [2.24, 2.45) is 0 Å². The number of Topliss-reactive ketones (excluding diaryl/α,β-unsaturated/α-hetero) is 1. The van der Waals surface area contributed by atoms with Gasteiger partial charge in [-0.3, -0.25) is 4.79 Å². The van der Waals surface area contributed by atoms with Gasteiger partial charge < -0.3 is 10.1 Å². The van der Waals surface area contributed by atoms with Crippen molar-refractivity contribution in [2.75, 3.05) is 20.2 Å². The van der Waals surface area contributed by atoms with Gasteiger partial charge in [0.1, 0.15) is 5.75 Å². The summed E-state index contributed by atoms with van der Waals surface area (Å²) < 4.78 is 5.53. The Morgan fingerprint density at radius 2 is 2.00 bits per heavy atom. The molecule has 16 heavy (non-hydrogen) atoms. The molecule has 0 fully saturated rings. The van der Waals surface area contributed by atoms with Crippen molar-refractivity contribution in [2.45, 2.75) is 19.8 Å². The number of hydrogen-bond donors (Lipinski definition) is 1. The predicted octanol–water partition coefficient (Wildman–Crippen LogP) is 2.27. The van der Waals surface area contributed by atoms with E-state index in [0.29, 0.717) is 13.0 Å². The van der Waals surface area contributed by atoms with E-state index in [4.69, 9.17) is 4.74 Å². The van der Waals surface area contributed by atoms with E-state index >= 15 is 0 Å². The number of rotatable bonds is 7. The first kappa shape index (κ1) is 12.7. The molecule has 3 heteroatoms. The number of nitrogens with one attached hydrogen (secondary N) is 1. The Morgan fingerprint density at radius 1 is 1.31 bits per heavy atom. The van der Waals surface area contributed by atoms with Gasteiger partial charge in [0.2, 0.25) is 0 Å². The summed E-state index contributed by atoms with van der Waals surface area (Å²) in [4.78, 5) is 11.4. The average molecular weight is 221 g/mol. The molecule has 88 valence electrons. The number of ketones is 1. The average Bonchev–Trinajstić information content (AvgIpc) is 2.34.